The molecule has 2 aromatic rings. The molecular formula is C19H25N3O2. The summed E-state index contributed by atoms with van der Waals surface area (Å²) in [5.41, 5.74) is 4.12. The Hall–Kier alpha value is -2.14. The van der Waals surface area contributed by atoms with Gasteiger partial charge in [-0.25, -0.2) is 4.98 Å². The van der Waals surface area contributed by atoms with Crippen LogP contribution in [0.25, 0.3) is 0 Å². The first-order valence-corrected chi connectivity index (χ1v) is 8.49. The van der Waals surface area contributed by atoms with Crippen molar-refractivity contribution in [3.63, 3.8) is 0 Å². The van der Waals surface area contributed by atoms with Crippen molar-refractivity contribution in [3.8, 4) is 5.75 Å². The van der Waals surface area contributed by atoms with Gasteiger partial charge in [-0.2, -0.15) is 0 Å². The van der Waals surface area contributed by atoms with Crippen molar-refractivity contribution in [2.24, 2.45) is 0 Å². The largest absolute Gasteiger partial charge is 0.478 e. The molecule has 0 atom stereocenters. The molecule has 0 bridgehead atoms. The Bertz CT molecular complexity index is 796. The Morgan fingerprint density at radius 2 is 2.12 bits per heavy atom. The number of ether oxygens (including phenoxy) is 1. The highest BCUT2D eigenvalue weighted by Crippen LogP contribution is 2.22. The van der Waals surface area contributed by atoms with Crippen LogP contribution in [0.1, 0.15) is 48.0 Å². The minimum Gasteiger partial charge on any atom is -0.478 e. The molecule has 1 aliphatic rings. The number of nitrogens with zero attached hydrogens (tertiary/aromatic N) is 2. The molecule has 0 saturated heterocycles. The van der Waals surface area contributed by atoms with Crippen molar-refractivity contribution in [1.29, 1.82) is 0 Å². The minimum absolute atomic E-state index is 0.0128. The summed E-state index contributed by atoms with van der Waals surface area (Å²) in [6.07, 6.45) is 0.714. The highest BCUT2D eigenvalue weighted by atomic mass is 16.5. The molecule has 0 fully saturated rings. The van der Waals surface area contributed by atoms with Crippen LogP contribution in [0.4, 0.5) is 0 Å². The third-order valence-corrected chi connectivity index (χ3v) is 4.68. The van der Waals surface area contributed by atoms with Crippen LogP contribution in [0.2, 0.25) is 0 Å². The van der Waals surface area contributed by atoms with Crippen LogP contribution < -0.4 is 10.3 Å². The summed E-state index contributed by atoms with van der Waals surface area (Å²) >= 11 is 0. The van der Waals surface area contributed by atoms with Crippen LogP contribution in [0.3, 0.4) is 0 Å². The topological polar surface area (TPSA) is 58.2 Å². The number of aromatic amines is 1. The Balaban J connectivity index is 1.73. The fraction of sp³-hybridized carbons (Fsp3) is 0.474. The highest BCUT2D eigenvalue weighted by Gasteiger charge is 2.22. The molecule has 2 heterocycles. The quantitative estimate of drug-likeness (QED) is 0.938. The molecule has 0 amide bonds. The van der Waals surface area contributed by atoms with Crippen molar-refractivity contribution in [2.45, 2.75) is 46.6 Å². The van der Waals surface area contributed by atoms with Gasteiger partial charge in [0.25, 0.3) is 5.56 Å². The number of aryl methyl sites for hydroxylation is 1. The molecule has 5 nitrogen and oxygen atoms in total. The Labute approximate surface area is 142 Å². The van der Waals surface area contributed by atoms with Gasteiger partial charge < -0.3 is 9.72 Å². The zero-order chi connectivity index (χ0) is 17.3. The zero-order valence-corrected chi connectivity index (χ0v) is 14.8. The lowest BCUT2D eigenvalue weighted by atomic mass is 10.1. The summed E-state index contributed by atoms with van der Waals surface area (Å²) in [7, 11) is 0. The number of hydrogen-bond donors (Lipinski definition) is 1. The molecule has 3 rings (SSSR count). The second-order valence-corrected chi connectivity index (χ2v) is 6.81. The summed E-state index contributed by atoms with van der Waals surface area (Å²) in [4.78, 5) is 22.0. The van der Waals surface area contributed by atoms with Crippen LogP contribution >= 0.6 is 0 Å². The molecule has 0 radical (unpaired) electrons. The van der Waals surface area contributed by atoms with E-state index in [1.807, 2.05) is 26.0 Å². The maximum atomic E-state index is 12.2. The number of hydrogen-bond acceptors (Lipinski definition) is 4. The first kappa shape index (κ1) is 16.7. The Kier molecular flexibility index (Phi) is 4.71. The van der Waals surface area contributed by atoms with Gasteiger partial charge in [-0.05, 0) is 37.5 Å². The van der Waals surface area contributed by atoms with Crippen LogP contribution in [0.15, 0.2) is 23.0 Å². The number of aromatic nitrogens is 2. The van der Waals surface area contributed by atoms with Gasteiger partial charge in [0.05, 0.1) is 5.69 Å². The molecule has 0 saturated carbocycles. The van der Waals surface area contributed by atoms with Gasteiger partial charge in [-0.15, -0.1) is 0 Å². The van der Waals surface area contributed by atoms with E-state index in [1.54, 1.807) is 0 Å². The van der Waals surface area contributed by atoms with E-state index in [4.69, 9.17) is 4.74 Å². The van der Waals surface area contributed by atoms with Gasteiger partial charge in [-0.3, -0.25) is 9.69 Å². The normalized spacial score (nSPS) is 14.7. The standard InChI is InChI=1S/C19H25N3O2/c1-12(2)18-20-16-10-22(9-8-15(16)19(23)21-18)11-24-17-7-5-6-13(3)14(17)4/h5-7,12H,8-11H2,1-4H3,(H,20,21,23). The Morgan fingerprint density at radius 1 is 1.33 bits per heavy atom. The number of H-pyrrole nitrogens is 1. The van der Waals surface area contributed by atoms with Crippen LogP contribution in [0.5, 0.6) is 5.75 Å². The predicted octanol–water partition coefficient (Wildman–Crippen LogP) is 2.90. The molecule has 1 N–H and O–H groups in total. The van der Waals surface area contributed by atoms with Gasteiger partial charge >= 0.3 is 0 Å². The monoisotopic (exact) mass is 327 g/mol. The molecular weight excluding hydrogens is 302 g/mol. The second-order valence-electron chi connectivity index (χ2n) is 6.81. The number of benzene rings is 1. The zero-order valence-electron chi connectivity index (χ0n) is 14.8. The minimum atomic E-state index is 0.0128. The van der Waals surface area contributed by atoms with E-state index in [0.29, 0.717) is 19.7 Å². The highest BCUT2D eigenvalue weighted by molar-refractivity contribution is 5.38. The average Bonchev–Trinajstić information content (AvgIpc) is 2.55. The molecule has 1 aromatic carbocycles. The van der Waals surface area contributed by atoms with Crippen molar-refractivity contribution in [2.75, 3.05) is 13.3 Å². The first-order valence-electron chi connectivity index (χ1n) is 8.49. The fourth-order valence-electron chi connectivity index (χ4n) is 2.94. The third-order valence-electron chi connectivity index (χ3n) is 4.68. The predicted molar refractivity (Wildman–Crippen MR) is 94.5 cm³/mol. The summed E-state index contributed by atoms with van der Waals surface area (Å²) in [5.74, 6) is 1.89. The molecule has 0 aliphatic carbocycles. The molecule has 1 aliphatic heterocycles. The maximum absolute atomic E-state index is 12.2. The van der Waals surface area contributed by atoms with Crippen LogP contribution in [-0.4, -0.2) is 28.1 Å². The molecule has 5 heteroatoms. The number of fused-ring (bicyclic) bond motifs is 1. The van der Waals surface area contributed by atoms with E-state index in [0.717, 1.165) is 29.4 Å². The average molecular weight is 327 g/mol. The molecule has 24 heavy (non-hydrogen) atoms. The van der Waals surface area contributed by atoms with Crippen LogP contribution in [0, 0.1) is 13.8 Å². The molecule has 0 spiro atoms. The first-order chi connectivity index (χ1) is 11.5. The third kappa shape index (κ3) is 3.36. The van der Waals surface area contributed by atoms with Gasteiger partial charge in [0.2, 0.25) is 0 Å². The maximum Gasteiger partial charge on any atom is 0.254 e. The molecule has 0 unspecified atom stereocenters. The van der Waals surface area contributed by atoms with Crippen LogP contribution in [-0.2, 0) is 13.0 Å². The van der Waals surface area contributed by atoms with Gasteiger partial charge in [0.15, 0.2) is 0 Å². The molecule has 1 aromatic heterocycles. The lowest BCUT2D eigenvalue weighted by Gasteiger charge is -2.28. The summed E-state index contributed by atoms with van der Waals surface area (Å²) in [5, 5.41) is 0. The van der Waals surface area contributed by atoms with Crippen molar-refractivity contribution in [1.82, 2.24) is 14.9 Å². The smallest absolute Gasteiger partial charge is 0.254 e. The van der Waals surface area contributed by atoms with E-state index < -0.39 is 0 Å². The van der Waals surface area contributed by atoms with Gasteiger partial charge in [0.1, 0.15) is 18.3 Å². The molecule has 128 valence electrons. The Morgan fingerprint density at radius 3 is 2.88 bits per heavy atom. The van der Waals surface area contributed by atoms with Crippen molar-refractivity contribution < 1.29 is 4.74 Å². The van der Waals surface area contributed by atoms with Crippen molar-refractivity contribution >= 4 is 0 Å². The van der Waals surface area contributed by atoms with Crippen molar-refractivity contribution in [3.05, 3.63) is 56.8 Å². The lowest BCUT2D eigenvalue weighted by molar-refractivity contribution is 0.111. The van der Waals surface area contributed by atoms with Gasteiger partial charge in [-0.1, -0.05) is 26.0 Å². The number of nitrogens with one attached hydrogen (secondary N) is 1. The lowest BCUT2D eigenvalue weighted by Crippen LogP contribution is -2.38. The van der Waals surface area contributed by atoms with E-state index in [1.165, 1.54) is 11.1 Å². The van der Waals surface area contributed by atoms with E-state index in [9.17, 15) is 4.79 Å². The second kappa shape index (κ2) is 6.77. The van der Waals surface area contributed by atoms with E-state index in [-0.39, 0.29) is 11.5 Å². The summed E-state index contributed by atoms with van der Waals surface area (Å²) < 4.78 is 5.99. The summed E-state index contributed by atoms with van der Waals surface area (Å²) in [6.45, 7) is 10.2. The SMILES string of the molecule is Cc1cccc(OCN2CCc3c(nc(C(C)C)[nH]c3=O)C2)c1C. The summed E-state index contributed by atoms with van der Waals surface area (Å²) in [6, 6.07) is 6.10. The fourth-order valence-corrected chi connectivity index (χ4v) is 2.94. The van der Waals surface area contributed by atoms with E-state index in [2.05, 4.69) is 34.8 Å². The van der Waals surface area contributed by atoms with E-state index >= 15 is 0 Å². The number of rotatable bonds is 4. The van der Waals surface area contributed by atoms with Gasteiger partial charge in [0, 0.05) is 24.6 Å².